The number of nitrogens with one attached hydrogen (secondary N) is 1. The highest BCUT2D eigenvalue weighted by atomic mass is 32.2. The summed E-state index contributed by atoms with van der Waals surface area (Å²) in [4.78, 5) is 0. The SMILES string of the molecule is C[C@H](COCc1cccc(N)c1)NS(C)(=O)=O. The van der Waals surface area contributed by atoms with E-state index in [0.717, 1.165) is 11.8 Å². The van der Waals surface area contributed by atoms with Crippen molar-refractivity contribution in [3.05, 3.63) is 29.8 Å². The zero-order valence-electron chi connectivity index (χ0n) is 10.0. The van der Waals surface area contributed by atoms with E-state index in [-0.39, 0.29) is 6.04 Å². The second kappa shape index (κ2) is 6.00. The van der Waals surface area contributed by atoms with E-state index in [0.29, 0.717) is 18.9 Å². The Labute approximate surface area is 102 Å². The van der Waals surface area contributed by atoms with E-state index in [4.69, 9.17) is 10.5 Å². The first kappa shape index (κ1) is 14.0. The molecule has 0 aromatic heterocycles. The standard InChI is InChI=1S/C11H18N2O3S/c1-9(13-17(2,14)15)7-16-8-10-4-3-5-11(12)6-10/h3-6,9,13H,7-8,12H2,1-2H3/t9-/m1/s1. The van der Waals surface area contributed by atoms with Crippen molar-refractivity contribution in [2.45, 2.75) is 19.6 Å². The predicted molar refractivity (Wildman–Crippen MR) is 68.0 cm³/mol. The Morgan fingerprint density at radius 3 is 2.76 bits per heavy atom. The van der Waals surface area contributed by atoms with Gasteiger partial charge in [-0.25, -0.2) is 13.1 Å². The lowest BCUT2D eigenvalue weighted by Gasteiger charge is -2.12. The predicted octanol–water partition coefficient (Wildman–Crippen LogP) is 0.723. The van der Waals surface area contributed by atoms with Gasteiger partial charge >= 0.3 is 0 Å². The van der Waals surface area contributed by atoms with Crippen LogP contribution in [0.25, 0.3) is 0 Å². The Hall–Kier alpha value is -1.11. The second-order valence-electron chi connectivity index (χ2n) is 4.05. The molecule has 0 aliphatic heterocycles. The first-order valence-electron chi connectivity index (χ1n) is 5.26. The van der Waals surface area contributed by atoms with E-state index in [9.17, 15) is 8.42 Å². The number of benzene rings is 1. The van der Waals surface area contributed by atoms with Gasteiger partial charge in [-0.3, -0.25) is 0 Å². The maximum Gasteiger partial charge on any atom is 0.209 e. The molecule has 0 unspecified atom stereocenters. The molecule has 0 amide bonds. The number of nitrogen functional groups attached to an aromatic ring is 1. The Bertz CT molecular complexity index is 460. The third kappa shape index (κ3) is 6.25. The molecule has 0 heterocycles. The fourth-order valence-electron chi connectivity index (χ4n) is 1.44. The van der Waals surface area contributed by atoms with E-state index in [1.54, 1.807) is 13.0 Å². The lowest BCUT2D eigenvalue weighted by Crippen LogP contribution is -2.34. The molecule has 1 aromatic carbocycles. The largest absolute Gasteiger partial charge is 0.399 e. The highest BCUT2D eigenvalue weighted by molar-refractivity contribution is 7.88. The molecule has 0 aliphatic rings. The normalized spacial score (nSPS) is 13.5. The van der Waals surface area contributed by atoms with Crippen molar-refractivity contribution in [1.82, 2.24) is 4.72 Å². The summed E-state index contributed by atoms with van der Waals surface area (Å²) in [6, 6.07) is 7.15. The van der Waals surface area contributed by atoms with Gasteiger partial charge in [0.15, 0.2) is 0 Å². The average molecular weight is 258 g/mol. The summed E-state index contributed by atoms with van der Waals surface area (Å²) >= 11 is 0. The van der Waals surface area contributed by atoms with Gasteiger partial charge in [0.1, 0.15) is 0 Å². The van der Waals surface area contributed by atoms with Crippen LogP contribution in [0.2, 0.25) is 0 Å². The van der Waals surface area contributed by atoms with Crippen LogP contribution in [0.15, 0.2) is 24.3 Å². The average Bonchev–Trinajstić information content (AvgIpc) is 2.14. The molecule has 0 saturated carbocycles. The molecule has 0 saturated heterocycles. The molecule has 0 radical (unpaired) electrons. The van der Waals surface area contributed by atoms with Gasteiger partial charge in [0, 0.05) is 11.7 Å². The number of hydrogen-bond donors (Lipinski definition) is 2. The van der Waals surface area contributed by atoms with E-state index in [1.165, 1.54) is 0 Å². The topological polar surface area (TPSA) is 81.4 Å². The molecule has 3 N–H and O–H groups in total. The highest BCUT2D eigenvalue weighted by Gasteiger charge is 2.08. The summed E-state index contributed by atoms with van der Waals surface area (Å²) in [6.07, 6.45) is 1.13. The molecule has 1 atom stereocenters. The van der Waals surface area contributed by atoms with Gasteiger partial charge in [-0.15, -0.1) is 0 Å². The summed E-state index contributed by atoms with van der Waals surface area (Å²) in [7, 11) is -3.18. The van der Waals surface area contributed by atoms with Crippen molar-refractivity contribution in [1.29, 1.82) is 0 Å². The Kier molecular flexibility index (Phi) is 4.92. The van der Waals surface area contributed by atoms with Crippen molar-refractivity contribution in [2.75, 3.05) is 18.6 Å². The lowest BCUT2D eigenvalue weighted by molar-refractivity contribution is 0.108. The van der Waals surface area contributed by atoms with Gasteiger partial charge in [0.25, 0.3) is 0 Å². The first-order valence-corrected chi connectivity index (χ1v) is 7.15. The molecule has 6 heteroatoms. The molecular formula is C11H18N2O3S. The van der Waals surface area contributed by atoms with Gasteiger partial charge in [-0.1, -0.05) is 12.1 Å². The molecular weight excluding hydrogens is 240 g/mol. The summed E-state index contributed by atoms with van der Waals surface area (Å²) in [5, 5.41) is 0. The summed E-state index contributed by atoms with van der Waals surface area (Å²) in [5.74, 6) is 0. The molecule has 0 bridgehead atoms. The minimum atomic E-state index is -3.18. The maximum atomic E-state index is 10.9. The van der Waals surface area contributed by atoms with E-state index >= 15 is 0 Å². The van der Waals surface area contributed by atoms with Crippen molar-refractivity contribution in [3.63, 3.8) is 0 Å². The van der Waals surface area contributed by atoms with Crippen LogP contribution >= 0.6 is 0 Å². The smallest absolute Gasteiger partial charge is 0.209 e. The molecule has 96 valence electrons. The van der Waals surface area contributed by atoms with Gasteiger partial charge in [0.05, 0.1) is 19.5 Å². The Morgan fingerprint density at radius 2 is 2.18 bits per heavy atom. The van der Waals surface area contributed by atoms with Crippen LogP contribution in [0.3, 0.4) is 0 Å². The summed E-state index contributed by atoms with van der Waals surface area (Å²) < 4.78 is 29.7. The monoisotopic (exact) mass is 258 g/mol. The molecule has 1 rings (SSSR count). The van der Waals surface area contributed by atoms with Gasteiger partial charge in [-0.05, 0) is 24.6 Å². The van der Waals surface area contributed by atoms with Crippen molar-refractivity contribution in [2.24, 2.45) is 0 Å². The Balaban J connectivity index is 2.33. The number of rotatable bonds is 6. The molecule has 1 aromatic rings. The number of sulfonamides is 1. The van der Waals surface area contributed by atoms with Crippen molar-refractivity contribution >= 4 is 15.7 Å². The van der Waals surface area contributed by atoms with E-state index in [1.807, 2.05) is 18.2 Å². The van der Waals surface area contributed by atoms with Gasteiger partial charge < -0.3 is 10.5 Å². The molecule has 5 nitrogen and oxygen atoms in total. The van der Waals surface area contributed by atoms with Crippen LogP contribution in [-0.4, -0.2) is 27.3 Å². The van der Waals surface area contributed by atoms with Crippen LogP contribution in [0.5, 0.6) is 0 Å². The fraction of sp³-hybridized carbons (Fsp3) is 0.455. The van der Waals surface area contributed by atoms with Crippen molar-refractivity contribution in [3.8, 4) is 0 Å². The summed E-state index contributed by atoms with van der Waals surface area (Å²) in [6.45, 7) is 2.49. The third-order valence-corrected chi connectivity index (χ3v) is 2.83. The van der Waals surface area contributed by atoms with Crippen molar-refractivity contribution < 1.29 is 13.2 Å². The molecule has 0 fully saturated rings. The second-order valence-corrected chi connectivity index (χ2v) is 5.83. The summed E-state index contributed by atoms with van der Waals surface area (Å²) in [5.41, 5.74) is 7.28. The molecule has 0 aliphatic carbocycles. The highest BCUT2D eigenvalue weighted by Crippen LogP contribution is 2.07. The minimum absolute atomic E-state index is 0.244. The number of nitrogens with two attached hydrogens (primary N) is 1. The van der Waals surface area contributed by atoms with Gasteiger partial charge in [-0.2, -0.15) is 0 Å². The zero-order valence-corrected chi connectivity index (χ0v) is 10.8. The van der Waals surface area contributed by atoms with E-state index in [2.05, 4.69) is 4.72 Å². The fourth-order valence-corrected chi connectivity index (χ4v) is 2.23. The Morgan fingerprint density at radius 1 is 1.47 bits per heavy atom. The lowest BCUT2D eigenvalue weighted by atomic mass is 10.2. The third-order valence-electron chi connectivity index (χ3n) is 2.00. The molecule has 0 spiro atoms. The van der Waals surface area contributed by atoms with Crippen LogP contribution < -0.4 is 10.5 Å². The number of hydrogen-bond acceptors (Lipinski definition) is 4. The van der Waals surface area contributed by atoms with Gasteiger partial charge in [0.2, 0.25) is 10.0 Å². The van der Waals surface area contributed by atoms with Crippen LogP contribution in [0.1, 0.15) is 12.5 Å². The number of anilines is 1. The minimum Gasteiger partial charge on any atom is -0.399 e. The van der Waals surface area contributed by atoms with Crippen LogP contribution in [-0.2, 0) is 21.4 Å². The zero-order chi connectivity index (χ0) is 12.9. The quantitative estimate of drug-likeness (QED) is 0.737. The maximum absolute atomic E-state index is 10.9. The molecule has 17 heavy (non-hydrogen) atoms. The first-order chi connectivity index (χ1) is 7.87. The van der Waals surface area contributed by atoms with E-state index < -0.39 is 10.0 Å². The number of ether oxygens (including phenoxy) is 1. The van der Waals surface area contributed by atoms with Crippen LogP contribution in [0.4, 0.5) is 5.69 Å². The van der Waals surface area contributed by atoms with Crippen LogP contribution in [0, 0.1) is 0 Å².